The van der Waals surface area contributed by atoms with Crippen molar-refractivity contribution in [2.45, 2.75) is 13.5 Å². The van der Waals surface area contributed by atoms with Crippen LogP contribution in [0.4, 0.5) is 10.5 Å². The fourth-order valence-electron chi connectivity index (χ4n) is 1.84. The highest BCUT2D eigenvalue weighted by Crippen LogP contribution is 2.25. The van der Waals surface area contributed by atoms with Crippen LogP contribution in [0.15, 0.2) is 42.5 Å². The van der Waals surface area contributed by atoms with E-state index in [9.17, 15) is 9.59 Å². The van der Waals surface area contributed by atoms with Crippen molar-refractivity contribution in [1.82, 2.24) is 0 Å². The molecule has 5 nitrogen and oxygen atoms in total. The minimum absolute atomic E-state index is 0.0781. The van der Waals surface area contributed by atoms with Gasteiger partial charge in [-0.15, -0.1) is 0 Å². The van der Waals surface area contributed by atoms with E-state index < -0.39 is 12.1 Å². The number of anilines is 1. The van der Waals surface area contributed by atoms with Gasteiger partial charge in [-0.3, -0.25) is 5.32 Å². The molecule has 1 amide bonds. The molecule has 0 aliphatic heterocycles. The number of carboxylic acids is 1. The topological polar surface area (TPSA) is 75.6 Å². The number of aryl methyl sites for hydroxylation is 1. The zero-order chi connectivity index (χ0) is 16.1. The quantitative estimate of drug-likeness (QED) is 0.889. The normalized spacial score (nSPS) is 10.1. The number of hydrogen-bond acceptors (Lipinski definition) is 3. The van der Waals surface area contributed by atoms with Crippen molar-refractivity contribution in [3.63, 3.8) is 0 Å². The van der Waals surface area contributed by atoms with E-state index in [0.29, 0.717) is 11.3 Å². The molecule has 0 unspecified atom stereocenters. The molecule has 2 aromatic rings. The van der Waals surface area contributed by atoms with E-state index in [1.807, 2.05) is 30.3 Å². The molecule has 114 valence electrons. The number of carboxylic acid groups (broad SMARTS) is 1. The van der Waals surface area contributed by atoms with Gasteiger partial charge in [-0.25, -0.2) is 9.59 Å². The number of halogens is 1. The van der Waals surface area contributed by atoms with Crippen molar-refractivity contribution in [2.75, 3.05) is 5.32 Å². The molecule has 0 spiro atoms. The molecule has 2 aromatic carbocycles. The van der Waals surface area contributed by atoms with Gasteiger partial charge >= 0.3 is 12.1 Å². The summed E-state index contributed by atoms with van der Waals surface area (Å²) in [5.41, 5.74) is 1.77. The van der Waals surface area contributed by atoms with Gasteiger partial charge in [0, 0.05) is 5.69 Å². The van der Waals surface area contributed by atoms with Gasteiger partial charge in [-0.2, -0.15) is 0 Å². The molecular weight excluding hydrogens is 306 g/mol. The molecule has 2 rings (SSSR count). The molecule has 0 atom stereocenters. The number of rotatable bonds is 4. The summed E-state index contributed by atoms with van der Waals surface area (Å²) < 4.78 is 5.09. The molecular formula is C16H14ClNO4. The zero-order valence-electron chi connectivity index (χ0n) is 11.8. The number of amides is 1. The number of aromatic carboxylic acids is 1. The van der Waals surface area contributed by atoms with Crippen LogP contribution in [0, 0.1) is 6.92 Å². The maximum Gasteiger partial charge on any atom is 0.411 e. The molecule has 0 aliphatic rings. The first-order chi connectivity index (χ1) is 10.5. The van der Waals surface area contributed by atoms with Gasteiger partial charge in [0.1, 0.15) is 6.61 Å². The van der Waals surface area contributed by atoms with Crippen molar-refractivity contribution in [1.29, 1.82) is 0 Å². The lowest BCUT2D eigenvalue weighted by molar-refractivity contribution is 0.0697. The molecule has 0 saturated heterocycles. The minimum Gasteiger partial charge on any atom is -0.478 e. The molecule has 6 heteroatoms. The lowest BCUT2D eigenvalue weighted by Gasteiger charge is -2.11. The lowest BCUT2D eigenvalue weighted by atomic mass is 10.1. The van der Waals surface area contributed by atoms with Gasteiger partial charge in [0.05, 0.1) is 10.6 Å². The Hall–Kier alpha value is -2.53. The monoisotopic (exact) mass is 319 g/mol. The number of nitrogens with one attached hydrogen (secondary N) is 1. The fourth-order valence-corrected chi connectivity index (χ4v) is 2.14. The Morgan fingerprint density at radius 2 is 1.91 bits per heavy atom. The van der Waals surface area contributed by atoms with Gasteiger partial charge in [0.25, 0.3) is 0 Å². The number of carbonyl (C=O) groups is 2. The highest BCUT2D eigenvalue weighted by Gasteiger charge is 2.14. The van der Waals surface area contributed by atoms with Crippen LogP contribution in [0.2, 0.25) is 5.02 Å². The van der Waals surface area contributed by atoms with Crippen LogP contribution >= 0.6 is 11.6 Å². The fraction of sp³-hybridized carbons (Fsp3) is 0.125. The second-order valence-corrected chi connectivity index (χ2v) is 5.05. The van der Waals surface area contributed by atoms with Gasteiger partial charge in [0.15, 0.2) is 0 Å². The molecule has 0 radical (unpaired) electrons. The lowest BCUT2D eigenvalue weighted by Crippen LogP contribution is -2.15. The summed E-state index contributed by atoms with van der Waals surface area (Å²) in [6.45, 7) is 1.84. The third-order valence-corrected chi connectivity index (χ3v) is 3.31. The first-order valence-corrected chi connectivity index (χ1v) is 6.86. The predicted octanol–water partition coefficient (Wildman–Crippen LogP) is 4.10. The number of benzene rings is 2. The first kappa shape index (κ1) is 15.9. The Kier molecular flexibility index (Phi) is 5.01. The van der Waals surface area contributed by atoms with E-state index >= 15 is 0 Å². The Labute approximate surface area is 132 Å². The van der Waals surface area contributed by atoms with Crippen molar-refractivity contribution in [2.24, 2.45) is 0 Å². The van der Waals surface area contributed by atoms with Crippen LogP contribution in [-0.2, 0) is 11.3 Å². The van der Waals surface area contributed by atoms with Crippen molar-refractivity contribution < 1.29 is 19.4 Å². The Bertz CT molecular complexity index is 701. The Morgan fingerprint density at radius 1 is 1.23 bits per heavy atom. The summed E-state index contributed by atoms with van der Waals surface area (Å²) in [5, 5.41) is 11.7. The summed E-state index contributed by atoms with van der Waals surface area (Å²) in [6, 6.07) is 12.0. The molecule has 2 N–H and O–H groups in total. The Balaban J connectivity index is 2.05. The molecule has 0 bridgehead atoms. The predicted molar refractivity (Wildman–Crippen MR) is 83.4 cm³/mol. The second-order valence-electron chi connectivity index (χ2n) is 4.64. The molecule has 22 heavy (non-hydrogen) atoms. The van der Waals surface area contributed by atoms with Crippen LogP contribution in [0.3, 0.4) is 0 Å². The minimum atomic E-state index is -1.16. The third-order valence-electron chi connectivity index (χ3n) is 2.99. The molecule has 0 aliphatic carbocycles. The highest BCUT2D eigenvalue weighted by atomic mass is 35.5. The molecule has 0 aromatic heterocycles. The smallest absolute Gasteiger partial charge is 0.411 e. The van der Waals surface area contributed by atoms with Gasteiger partial charge in [-0.1, -0.05) is 41.9 Å². The summed E-state index contributed by atoms with van der Waals surface area (Å²) in [6.07, 6.45) is -0.661. The van der Waals surface area contributed by atoms with E-state index in [1.165, 1.54) is 12.1 Å². The average Bonchev–Trinajstić information content (AvgIpc) is 2.48. The zero-order valence-corrected chi connectivity index (χ0v) is 12.6. The summed E-state index contributed by atoms with van der Waals surface area (Å²) in [7, 11) is 0. The van der Waals surface area contributed by atoms with Crippen molar-refractivity contribution in [3.05, 3.63) is 64.2 Å². The van der Waals surface area contributed by atoms with Gasteiger partial charge in [0.2, 0.25) is 0 Å². The standard InChI is InChI=1S/C16H14ClNO4/c1-10-7-13(17)12(15(19)20)8-14(10)18-16(21)22-9-11-5-3-2-4-6-11/h2-8H,9H2,1H3,(H,18,21)(H,19,20). The number of ether oxygens (including phenoxy) is 1. The van der Waals surface area contributed by atoms with Crippen LogP contribution < -0.4 is 5.32 Å². The van der Waals surface area contributed by atoms with E-state index in [2.05, 4.69) is 5.32 Å². The summed E-state index contributed by atoms with van der Waals surface area (Å²) in [5.74, 6) is -1.16. The maximum absolute atomic E-state index is 11.8. The SMILES string of the molecule is Cc1cc(Cl)c(C(=O)O)cc1NC(=O)OCc1ccccc1. The largest absolute Gasteiger partial charge is 0.478 e. The van der Waals surface area contributed by atoms with Crippen molar-refractivity contribution in [3.8, 4) is 0 Å². The number of carbonyl (C=O) groups excluding carboxylic acids is 1. The maximum atomic E-state index is 11.8. The first-order valence-electron chi connectivity index (χ1n) is 6.48. The molecule has 0 fully saturated rings. The van der Waals surface area contributed by atoms with Crippen LogP contribution in [0.1, 0.15) is 21.5 Å². The Morgan fingerprint density at radius 3 is 2.55 bits per heavy atom. The van der Waals surface area contributed by atoms with E-state index in [-0.39, 0.29) is 17.2 Å². The molecule has 0 saturated carbocycles. The van der Waals surface area contributed by atoms with Crippen LogP contribution in [0.5, 0.6) is 0 Å². The second kappa shape index (κ2) is 6.95. The van der Waals surface area contributed by atoms with Gasteiger partial charge in [-0.05, 0) is 30.2 Å². The van der Waals surface area contributed by atoms with Crippen LogP contribution in [-0.4, -0.2) is 17.2 Å². The van der Waals surface area contributed by atoms with Crippen molar-refractivity contribution >= 4 is 29.4 Å². The summed E-state index contributed by atoms with van der Waals surface area (Å²) in [4.78, 5) is 22.8. The van der Waals surface area contributed by atoms with E-state index in [1.54, 1.807) is 6.92 Å². The summed E-state index contributed by atoms with van der Waals surface area (Å²) >= 11 is 5.85. The number of hydrogen-bond donors (Lipinski definition) is 2. The van der Waals surface area contributed by atoms with Crippen LogP contribution in [0.25, 0.3) is 0 Å². The van der Waals surface area contributed by atoms with Gasteiger partial charge < -0.3 is 9.84 Å². The van der Waals surface area contributed by atoms with E-state index in [4.69, 9.17) is 21.4 Å². The molecule has 0 heterocycles. The highest BCUT2D eigenvalue weighted by molar-refractivity contribution is 6.33. The average molecular weight is 320 g/mol. The van der Waals surface area contributed by atoms with E-state index in [0.717, 1.165) is 5.56 Å². The third kappa shape index (κ3) is 3.99.